The van der Waals surface area contributed by atoms with Crippen LogP contribution in [-0.2, 0) is 7.05 Å². The van der Waals surface area contributed by atoms with Crippen molar-refractivity contribution >= 4 is 11.6 Å². The van der Waals surface area contributed by atoms with Gasteiger partial charge in [0.15, 0.2) is 0 Å². The average Bonchev–Trinajstić information content (AvgIpc) is 3.05. The summed E-state index contributed by atoms with van der Waals surface area (Å²) in [5.41, 5.74) is 8.38. The summed E-state index contributed by atoms with van der Waals surface area (Å²) in [5, 5.41) is 7.77. The number of rotatable bonds is 5. The van der Waals surface area contributed by atoms with E-state index < -0.39 is 0 Å². The van der Waals surface area contributed by atoms with Gasteiger partial charge in [-0.1, -0.05) is 24.3 Å². The predicted molar refractivity (Wildman–Crippen MR) is 135 cm³/mol. The molecule has 6 heteroatoms. The van der Waals surface area contributed by atoms with Crippen molar-refractivity contribution in [1.82, 2.24) is 20.0 Å². The molecule has 1 aliphatic heterocycles. The lowest BCUT2D eigenvalue weighted by Crippen LogP contribution is -2.44. The summed E-state index contributed by atoms with van der Waals surface area (Å²) in [6, 6.07) is 14.5. The van der Waals surface area contributed by atoms with E-state index in [1.807, 2.05) is 38.6 Å². The van der Waals surface area contributed by atoms with Gasteiger partial charge in [-0.15, -0.1) is 0 Å². The second-order valence-corrected chi connectivity index (χ2v) is 9.28. The number of piperazine rings is 1. The number of nitrogens with one attached hydrogen (secondary N) is 1. The molecule has 0 spiro atoms. The van der Waals surface area contributed by atoms with Gasteiger partial charge >= 0.3 is 0 Å². The van der Waals surface area contributed by atoms with Gasteiger partial charge in [0.2, 0.25) is 0 Å². The summed E-state index contributed by atoms with van der Waals surface area (Å²) >= 11 is 0. The standard InChI is InChI=1S/C27H35N5O/c1-18-10-11-24(32-14-12-30(5)13-15-32)17-25(18)27(33)28-19(2)22-8-7-9-23(16-22)26-20(3)29-31(6)21(26)4/h7-11,16-17,19H,12-15H2,1-6H3,(H,28,33)/t19-/m1/s1. The zero-order valence-electron chi connectivity index (χ0n) is 20.6. The van der Waals surface area contributed by atoms with E-state index >= 15 is 0 Å². The summed E-state index contributed by atoms with van der Waals surface area (Å²) in [7, 11) is 4.12. The molecule has 0 aliphatic carbocycles. The van der Waals surface area contributed by atoms with E-state index in [0.29, 0.717) is 0 Å². The first kappa shape index (κ1) is 23.1. The zero-order chi connectivity index (χ0) is 23.7. The fourth-order valence-corrected chi connectivity index (χ4v) is 4.63. The Kier molecular flexibility index (Phi) is 6.56. The van der Waals surface area contributed by atoms with Crippen molar-refractivity contribution in [2.75, 3.05) is 38.1 Å². The molecule has 6 nitrogen and oxygen atoms in total. The van der Waals surface area contributed by atoms with Crippen LogP contribution in [0.1, 0.15) is 45.8 Å². The molecule has 2 aromatic carbocycles. The Balaban J connectivity index is 1.53. The predicted octanol–water partition coefficient (Wildman–Crippen LogP) is 4.26. The van der Waals surface area contributed by atoms with E-state index in [1.54, 1.807) is 0 Å². The van der Waals surface area contributed by atoms with Crippen LogP contribution in [0.15, 0.2) is 42.5 Å². The number of carbonyl (C=O) groups excluding carboxylic acids is 1. The lowest BCUT2D eigenvalue weighted by Gasteiger charge is -2.34. The molecule has 1 fully saturated rings. The third-order valence-corrected chi connectivity index (χ3v) is 6.87. The van der Waals surface area contributed by atoms with Gasteiger partial charge in [0.05, 0.1) is 11.7 Å². The first-order valence-electron chi connectivity index (χ1n) is 11.7. The van der Waals surface area contributed by atoms with Crippen LogP contribution in [0.2, 0.25) is 0 Å². The van der Waals surface area contributed by atoms with Crippen LogP contribution >= 0.6 is 0 Å². The molecular formula is C27H35N5O. The monoisotopic (exact) mass is 445 g/mol. The molecule has 1 aliphatic rings. The van der Waals surface area contributed by atoms with E-state index in [2.05, 4.69) is 70.6 Å². The Morgan fingerprint density at radius 1 is 1.00 bits per heavy atom. The molecular weight excluding hydrogens is 410 g/mol. The molecule has 3 aromatic rings. The number of amides is 1. The smallest absolute Gasteiger partial charge is 0.252 e. The molecule has 2 heterocycles. The SMILES string of the molecule is Cc1ccc(N2CCN(C)CC2)cc1C(=O)N[C@H](C)c1cccc(-c2c(C)nn(C)c2C)c1. The molecule has 1 atom stereocenters. The fraction of sp³-hybridized carbons (Fsp3) is 0.407. The Morgan fingerprint density at radius 2 is 1.73 bits per heavy atom. The zero-order valence-corrected chi connectivity index (χ0v) is 20.6. The first-order valence-corrected chi connectivity index (χ1v) is 11.7. The Hall–Kier alpha value is -3.12. The molecule has 1 amide bonds. The minimum absolute atomic E-state index is 0.0323. The quantitative estimate of drug-likeness (QED) is 0.638. The van der Waals surface area contributed by atoms with Crippen molar-refractivity contribution in [3.63, 3.8) is 0 Å². The maximum Gasteiger partial charge on any atom is 0.252 e. The normalized spacial score (nSPS) is 15.5. The van der Waals surface area contributed by atoms with Gasteiger partial charge in [0, 0.05) is 55.7 Å². The van der Waals surface area contributed by atoms with Crippen molar-refractivity contribution in [2.45, 2.75) is 33.7 Å². The minimum atomic E-state index is -0.110. The number of hydrogen-bond donors (Lipinski definition) is 1. The van der Waals surface area contributed by atoms with Gasteiger partial charge in [-0.2, -0.15) is 5.10 Å². The number of aromatic nitrogens is 2. The van der Waals surface area contributed by atoms with Crippen LogP contribution in [0.3, 0.4) is 0 Å². The maximum atomic E-state index is 13.3. The first-order chi connectivity index (χ1) is 15.7. The number of hydrogen-bond acceptors (Lipinski definition) is 4. The highest BCUT2D eigenvalue weighted by Crippen LogP contribution is 2.29. The van der Waals surface area contributed by atoms with Crippen molar-refractivity contribution < 1.29 is 4.79 Å². The number of likely N-dealkylation sites (N-methyl/N-ethyl adjacent to an activating group) is 1. The minimum Gasteiger partial charge on any atom is -0.369 e. The molecule has 1 N–H and O–H groups in total. The van der Waals surface area contributed by atoms with Crippen molar-refractivity contribution in [1.29, 1.82) is 0 Å². The lowest BCUT2D eigenvalue weighted by molar-refractivity contribution is 0.0939. The largest absolute Gasteiger partial charge is 0.369 e. The Bertz CT molecular complexity index is 1160. The van der Waals surface area contributed by atoms with Crippen LogP contribution < -0.4 is 10.2 Å². The lowest BCUT2D eigenvalue weighted by atomic mass is 9.98. The molecule has 0 radical (unpaired) electrons. The van der Waals surface area contributed by atoms with E-state index in [9.17, 15) is 4.79 Å². The molecule has 0 unspecified atom stereocenters. The summed E-state index contributed by atoms with van der Waals surface area (Å²) < 4.78 is 1.92. The highest BCUT2D eigenvalue weighted by atomic mass is 16.1. The van der Waals surface area contributed by atoms with Crippen LogP contribution in [0.5, 0.6) is 0 Å². The van der Waals surface area contributed by atoms with E-state index in [-0.39, 0.29) is 11.9 Å². The van der Waals surface area contributed by atoms with Crippen molar-refractivity contribution in [3.05, 3.63) is 70.5 Å². The molecule has 4 rings (SSSR count). The van der Waals surface area contributed by atoms with Crippen LogP contribution in [0, 0.1) is 20.8 Å². The topological polar surface area (TPSA) is 53.4 Å². The third-order valence-electron chi connectivity index (χ3n) is 6.87. The highest BCUT2D eigenvalue weighted by molar-refractivity contribution is 5.97. The van der Waals surface area contributed by atoms with Crippen LogP contribution in [0.25, 0.3) is 11.1 Å². The molecule has 1 saturated heterocycles. The summed E-state index contributed by atoms with van der Waals surface area (Å²) in [6.45, 7) is 12.2. The molecule has 174 valence electrons. The van der Waals surface area contributed by atoms with Gasteiger partial charge in [-0.25, -0.2) is 0 Å². The average molecular weight is 446 g/mol. The number of anilines is 1. The van der Waals surface area contributed by atoms with Crippen LogP contribution in [0.4, 0.5) is 5.69 Å². The van der Waals surface area contributed by atoms with Crippen LogP contribution in [-0.4, -0.2) is 53.8 Å². The summed E-state index contributed by atoms with van der Waals surface area (Å²) in [6.07, 6.45) is 0. The molecule has 0 saturated carbocycles. The third kappa shape index (κ3) is 4.81. The second-order valence-electron chi connectivity index (χ2n) is 9.28. The van der Waals surface area contributed by atoms with E-state index in [1.165, 1.54) is 0 Å². The highest BCUT2D eigenvalue weighted by Gasteiger charge is 2.19. The van der Waals surface area contributed by atoms with Gasteiger partial charge in [-0.3, -0.25) is 9.48 Å². The Morgan fingerprint density at radius 3 is 2.39 bits per heavy atom. The van der Waals surface area contributed by atoms with Crippen molar-refractivity contribution in [2.24, 2.45) is 7.05 Å². The van der Waals surface area contributed by atoms with Gasteiger partial charge < -0.3 is 15.1 Å². The molecule has 0 bridgehead atoms. The van der Waals surface area contributed by atoms with E-state index in [0.717, 1.165) is 71.1 Å². The molecule has 1 aromatic heterocycles. The summed E-state index contributed by atoms with van der Waals surface area (Å²) in [5.74, 6) is -0.0323. The fourth-order valence-electron chi connectivity index (χ4n) is 4.63. The number of benzene rings is 2. The van der Waals surface area contributed by atoms with E-state index in [4.69, 9.17) is 0 Å². The number of nitrogens with zero attached hydrogens (tertiary/aromatic N) is 4. The Labute approximate surface area is 197 Å². The van der Waals surface area contributed by atoms with Gasteiger partial charge in [-0.05, 0) is 69.6 Å². The maximum absolute atomic E-state index is 13.3. The summed E-state index contributed by atoms with van der Waals surface area (Å²) in [4.78, 5) is 18.0. The van der Waals surface area contributed by atoms with Crippen molar-refractivity contribution in [3.8, 4) is 11.1 Å². The molecule has 33 heavy (non-hydrogen) atoms. The number of carbonyl (C=O) groups is 1. The second kappa shape index (κ2) is 9.40. The van der Waals surface area contributed by atoms with Gasteiger partial charge in [0.25, 0.3) is 5.91 Å². The number of aryl methyl sites for hydroxylation is 3. The van der Waals surface area contributed by atoms with Gasteiger partial charge in [0.1, 0.15) is 0 Å².